The lowest BCUT2D eigenvalue weighted by atomic mass is 9.96. The fourth-order valence-corrected chi connectivity index (χ4v) is 2.78. The highest BCUT2D eigenvalue weighted by atomic mass is 35.5. The van der Waals surface area contributed by atoms with Gasteiger partial charge < -0.3 is 4.74 Å². The molecule has 1 nitrogen and oxygen atoms in total. The van der Waals surface area contributed by atoms with Crippen molar-refractivity contribution in [3.8, 4) is 0 Å². The van der Waals surface area contributed by atoms with Crippen LogP contribution in [0.2, 0.25) is 0 Å². The van der Waals surface area contributed by atoms with Gasteiger partial charge in [0.15, 0.2) is 0 Å². The van der Waals surface area contributed by atoms with Gasteiger partial charge in [0, 0.05) is 6.61 Å². The van der Waals surface area contributed by atoms with Gasteiger partial charge in [0.05, 0.1) is 11.5 Å². The number of rotatable bonds is 2. The van der Waals surface area contributed by atoms with Crippen LogP contribution >= 0.6 is 11.6 Å². The Hall–Kier alpha value is -0.530. The average Bonchev–Trinajstić information content (AvgIpc) is 2.29. The molecule has 1 heterocycles. The standard InChI is InChI=1S/C14H19ClO/c1-10-6-7-12(11(2)9-10)14(15)13-5-3-4-8-16-13/h6-7,9,13-14H,3-5,8H2,1-2H3. The van der Waals surface area contributed by atoms with Gasteiger partial charge in [0.2, 0.25) is 0 Å². The van der Waals surface area contributed by atoms with Crippen molar-refractivity contribution in [2.75, 3.05) is 6.61 Å². The first kappa shape index (κ1) is 11.9. The molecule has 0 aromatic heterocycles. The summed E-state index contributed by atoms with van der Waals surface area (Å²) in [5.74, 6) is 0. The van der Waals surface area contributed by atoms with Crippen molar-refractivity contribution in [1.82, 2.24) is 0 Å². The molecule has 1 aliphatic heterocycles. The highest BCUT2D eigenvalue weighted by Crippen LogP contribution is 2.33. The van der Waals surface area contributed by atoms with Crippen LogP contribution in [0.3, 0.4) is 0 Å². The van der Waals surface area contributed by atoms with E-state index in [-0.39, 0.29) is 11.5 Å². The van der Waals surface area contributed by atoms with Gasteiger partial charge in [-0.2, -0.15) is 0 Å². The number of hydrogen-bond donors (Lipinski definition) is 0. The van der Waals surface area contributed by atoms with E-state index >= 15 is 0 Å². The Labute approximate surface area is 103 Å². The minimum atomic E-state index is 0.000833. The van der Waals surface area contributed by atoms with Gasteiger partial charge in [-0.3, -0.25) is 0 Å². The molecule has 2 rings (SSSR count). The van der Waals surface area contributed by atoms with E-state index in [4.69, 9.17) is 16.3 Å². The molecule has 0 saturated carbocycles. The van der Waals surface area contributed by atoms with Crippen molar-refractivity contribution in [3.63, 3.8) is 0 Å². The summed E-state index contributed by atoms with van der Waals surface area (Å²) >= 11 is 6.52. The van der Waals surface area contributed by atoms with Crippen molar-refractivity contribution in [2.24, 2.45) is 0 Å². The first-order valence-corrected chi connectivity index (χ1v) is 6.45. The molecule has 16 heavy (non-hydrogen) atoms. The zero-order chi connectivity index (χ0) is 11.5. The zero-order valence-electron chi connectivity index (χ0n) is 10.0. The molecular formula is C14H19ClO. The van der Waals surface area contributed by atoms with Gasteiger partial charge in [0.1, 0.15) is 0 Å². The van der Waals surface area contributed by atoms with Gasteiger partial charge in [-0.15, -0.1) is 11.6 Å². The lowest BCUT2D eigenvalue weighted by molar-refractivity contribution is 0.0135. The lowest BCUT2D eigenvalue weighted by Crippen LogP contribution is -2.24. The maximum Gasteiger partial charge on any atom is 0.0849 e. The summed E-state index contributed by atoms with van der Waals surface area (Å²) in [6, 6.07) is 6.45. The third kappa shape index (κ3) is 2.58. The zero-order valence-corrected chi connectivity index (χ0v) is 10.8. The first-order chi connectivity index (χ1) is 7.68. The third-order valence-electron chi connectivity index (χ3n) is 3.26. The van der Waals surface area contributed by atoms with Crippen LogP contribution < -0.4 is 0 Å². The smallest absolute Gasteiger partial charge is 0.0849 e. The summed E-state index contributed by atoms with van der Waals surface area (Å²) in [6.45, 7) is 5.09. The molecule has 2 unspecified atom stereocenters. The minimum absolute atomic E-state index is 0.000833. The summed E-state index contributed by atoms with van der Waals surface area (Å²) in [6.07, 6.45) is 3.68. The molecule has 1 aromatic rings. The summed E-state index contributed by atoms with van der Waals surface area (Å²) < 4.78 is 5.75. The summed E-state index contributed by atoms with van der Waals surface area (Å²) in [5.41, 5.74) is 3.78. The predicted octanol–water partition coefficient (Wildman–Crippen LogP) is 4.15. The Balaban J connectivity index is 2.15. The highest BCUT2D eigenvalue weighted by molar-refractivity contribution is 6.21. The predicted molar refractivity (Wildman–Crippen MR) is 68.1 cm³/mol. The molecule has 0 radical (unpaired) electrons. The highest BCUT2D eigenvalue weighted by Gasteiger charge is 2.24. The lowest BCUT2D eigenvalue weighted by Gasteiger charge is -2.27. The number of ether oxygens (including phenoxy) is 1. The molecule has 0 aliphatic carbocycles. The van der Waals surface area contributed by atoms with Gasteiger partial charge in [-0.25, -0.2) is 0 Å². The largest absolute Gasteiger partial charge is 0.376 e. The molecule has 1 aliphatic rings. The maximum absolute atomic E-state index is 6.52. The van der Waals surface area contributed by atoms with Gasteiger partial charge >= 0.3 is 0 Å². The van der Waals surface area contributed by atoms with E-state index in [0.29, 0.717) is 0 Å². The van der Waals surface area contributed by atoms with Crippen LogP contribution in [0.15, 0.2) is 18.2 Å². The number of hydrogen-bond acceptors (Lipinski definition) is 1. The maximum atomic E-state index is 6.52. The number of alkyl halides is 1. The second-order valence-corrected chi connectivity index (χ2v) is 5.14. The molecule has 0 N–H and O–H groups in total. The van der Waals surface area contributed by atoms with Crippen LogP contribution in [0, 0.1) is 13.8 Å². The number of aryl methyl sites for hydroxylation is 2. The Morgan fingerprint density at radius 1 is 1.31 bits per heavy atom. The van der Waals surface area contributed by atoms with Crippen LogP contribution in [0.1, 0.15) is 41.3 Å². The molecule has 2 heteroatoms. The second-order valence-electron chi connectivity index (χ2n) is 4.67. The molecule has 0 bridgehead atoms. The van der Waals surface area contributed by atoms with Crippen molar-refractivity contribution in [2.45, 2.75) is 44.6 Å². The van der Waals surface area contributed by atoms with Gasteiger partial charge in [-0.1, -0.05) is 23.8 Å². The number of benzene rings is 1. The Morgan fingerprint density at radius 3 is 2.75 bits per heavy atom. The quantitative estimate of drug-likeness (QED) is 0.704. The SMILES string of the molecule is Cc1ccc(C(Cl)C2CCCCO2)c(C)c1. The van der Waals surface area contributed by atoms with E-state index in [1.54, 1.807) is 0 Å². The molecule has 2 atom stereocenters. The van der Waals surface area contributed by atoms with E-state index in [0.717, 1.165) is 13.0 Å². The van der Waals surface area contributed by atoms with Gasteiger partial charge in [-0.05, 0) is 44.2 Å². The monoisotopic (exact) mass is 238 g/mol. The van der Waals surface area contributed by atoms with E-state index in [1.807, 2.05) is 0 Å². The van der Waals surface area contributed by atoms with E-state index < -0.39 is 0 Å². The molecule has 1 saturated heterocycles. The molecule has 88 valence electrons. The summed E-state index contributed by atoms with van der Waals surface area (Å²) in [7, 11) is 0. The molecule has 0 spiro atoms. The Morgan fingerprint density at radius 2 is 2.12 bits per heavy atom. The van der Waals surface area contributed by atoms with Crippen LogP contribution in [-0.4, -0.2) is 12.7 Å². The minimum Gasteiger partial charge on any atom is -0.376 e. The summed E-state index contributed by atoms with van der Waals surface area (Å²) in [5, 5.41) is 0.000833. The van der Waals surface area contributed by atoms with Crippen LogP contribution in [-0.2, 0) is 4.74 Å². The number of halogens is 1. The average molecular weight is 239 g/mol. The first-order valence-electron chi connectivity index (χ1n) is 6.01. The molecule has 1 aromatic carbocycles. The van der Waals surface area contributed by atoms with E-state index in [9.17, 15) is 0 Å². The molecule has 0 amide bonds. The Kier molecular flexibility index (Phi) is 3.88. The molecular weight excluding hydrogens is 220 g/mol. The van der Waals surface area contributed by atoms with Gasteiger partial charge in [0.25, 0.3) is 0 Å². The van der Waals surface area contributed by atoms with Crippen LogP contribution in [0.5, 0.6) is 0 Å². The van der Waals surface area contributed by atoms with Crippen molar-refractivity contribution in [3.05, 3.63) is 34.9 Å². The fourth-order valence-electron chi connectivity index (χ4n) is 2.33. The van der Waals surface area contributed by atoms with Crippen LogP contribution in [0.25, 0.3) is 0 Å². The topological polar surface area (TPSA) is 9.23 Å². The third-order valence-corrected chi connectivity index (χ3v) is 3.78. The van der Waals surface area contributed by atoms with E-state index in [2.05, 4.69) is 32.0 Å². The summed E-state index contributed by atoms with van der Waals surface area (Å²) in [4.78, 5) is 0. The van der Waals surface area contributed by atoms with E-state index in [1.165, 1.54) is 29.5 Å². The fraction of sp³-hybridized carbons (Fsp3) is 0.571. The van der Waals surface area contributed by atoms with Crippen molar-refractivity contribution in [1.29, 1.82) is 0 Å². The Bertz CT molecular complexity index is 356. The van der Waals surface area contributed by atoms with Crippen molar-refractivity contribution < 1.29 is 4.74 Å². The van der Waals surface area contributed by atoms with Crippen LogP contribution in [0.4, 0.5) is 0 Å². The normalized spacial score (nSPS) is 23.1. The molecule has 1 fully saturated rings. The van der Waals surface area contributed by atoms with Crippen molar-refractivity contribution >= 4 is 11.6 Å². The second kappa shape index (κ2) is 5.20.